The van der Waals surface area contributed by atoms with E-state index in [1.165, 1.54) is 0 Å². The molecule has 0 aromatic heterocycles. The zero-order valence-electron chi connectivity index (χ0n) is 13.3. The van der Waals surface area contributed by atoms with Crippen LogP contribution in [-0.2, 0) is 4.79 Å². The summed E-state index contributed by atoms with van der Waals surface area (Å²) in [6.07, 6.45) is 0. The van der Waals surface area contributed by atoms with Gasteiger partial charge in [0, 0.05) is 8.95 Å². The number of amides is 1. The number of hydrogen-bond acceptors (Lipinski definition) is 2. The van der Waals surface area contributed by atoms with E-state index in [9.17, 15) is 4.79 Å². The third-order valence-corrected chi connectivity index (χ3v) is 4.97. The van der Waals surface area contributed by atoms with Gasteiger partial charge in [-0.05, 0) is 64.2 Å². The molecule has 1 amide bonds. The van der Waals surface area contributed by atoms with Crippen molar-refractivity contribution in [3.8, 4) is 5.75 Å². The topological polar surface area (TPSA) is 38.3 Å². The number of ether oxygens (including phenoxy) is 1. The number of nitrogens with one attached hydrogen (secondary N) is 1. The molecule has 0 aliphatic carbocycles. The van der Waals surface area contributed by atoms with E-state index in [-0.39, 0.29) is 12.5 Å². The molecule has 0 radical (unpaired) electrons. The molecule has 23 heavy (non-hydrogen) atoms. The Balaban J connectivity index is 2.07. The van der Waals surface area contributed by atoms with Gasteiger partial charge in [0.25, 0.3) is 5.91 Å². The minimum Gasteiger partial charge on any atom is -0.483 e. The van der Waals surface area contributed by atoms with E-state index in [0.29, 0.717) is 5.92 Å². The molecular weight excluding hydrogens is 422 g/mol. The third kappa shape index (κ3) is 4.82. The summed E-state index contributed by atoms with van der Waals surface area (Å²) in [6.45, 7) is 6.18. The first-order valence-corrected chi connectivity index (χ1v) is 8.94. The first-order chi connectivity index (χ1) is 10.9. The van der Waals surface area contributed by atoms with Crippen molar-refractivity contribution in [1.29, 1.82) is 0 Å². The number of benzene rings is 2. The van der Waals surface area contributed by atoms with Crippen LogP contribution in [0.3, 0.4) is 0 Å². The van der Waals surface area contributed by atoms with Crippen LogP contribution < -0.4 is 10.1 Å². The van der Waals surface area contributed by atoms with E-state index in [1.807, 2.05) is 37.3 Å². The first kappa shape index (κ1) is 18.0. The molecule has 2 rings (SSSR count). The molecule has 0 bridgehead atoms. The third-order valence-electron chi connectivity index (χ3n) is 3.42. The monoisotopic (exact) mass is 439 g/mol. The highest BCUT2D eigenvalue weighted by Crippen LogP contribution is 2.32. The number of anilines is 1. The van der Waals surface area contributed by atoms with Crippen molar-refractivity contribution >= 4 is 43.5 Å². The van der Waals surface area contributed by atoms with Crippen molar-refractivity contribution in [2.45, 2.75) is 26.7 Å². The van der Waals surface area contributed by atoms with Crippen molar-refractivity contribution in [1.82, 2.24) is 0 Å². The molecule has 1 N–H and O–H groups in total. The molecular formula is C18H19Br2NO2. The van der Waals surface area contributed by atoms with E-state index in [4.69, 9.17) is 4.74 Å². The maximum atomic E-state index is 12.1. The molecule has 0 spiro atoms. The van der Waals surface area contributed by atoms with Crippen LogP contribution in [0.2, 0.25) is 0 Å². The molecule has 0 heterocycles. The lowest BCUT2D eigenvalue weighted by Gasteiger charge is -2.16. The molecule has 0 saturated heterocycles. The molecule has 0 aliphatic rings. The van der Waals surface area contributed by atoms with E-state index in [0.717, 1.165) is 31.5 Å². The van der Waals surface area contributed by atoms with Crippen LogP contribution in [0.5, 0.6) is 5.75 Å². The zero-order valence-corrected chi connectivity index (χ0v) is 16.5. The van der Waals surface area contributed by atoms with Gasteiger partial charge in [0.2, 0.25) is 0 Å². The fourth-order valence-corrected chi connectivity index (χ4v) is 2.88. The summed E-state index contributed by atoms with van der Waals surface area (Å²) in [5, 5.41) is 2.84. The molecule has 5 heteroatoms. The Morgan fingerprint density at radius 1 is 1.17 bits per heavy atom. The molecule has 2 aromatic carbocycles. The Bertz CT molecular complexity index is 714. The predicted molar refractivity (Wildman–Crippen MR) is 101 cm³/mol. The number of halogens is 2. The van der Waals surface area contributed by atoms with Crippen molar-refractivity contribution in [2.24, 2.45) is 0 Å². The van der Waals surface area contributed by atoms with Gasteiger partial charge in [-0.3, -0.25) is 4.79 Å². The number of rotatable bonds is 5. The summed E-state index contributed by atoms with van der Waals surface area (Å²) < 4.78 is 7.65. The number of carbonyl (C=O) groups excluding carboxylic acids is 1. The summed E-state index contributed by atoms with van der Waals surface area (Å²) >= 11 is 6.95. The van der Waals surface area contributed by atoms with Gasteiger partial charge in [-0.1, -0.05) is 41.9 Å². The number of carbonyl (C=O) groups is 1. The smallest absolute Gasteiger partial charge is 0.262 e. The Morgan fingerprint density at radius 2 is 1.87 bits per heavy atom. The standard InChI is InChI=1S/C18H19Br2NO2/c1-11(2)13-9-15(20)12(3)8-17(13)23-10-18(22)21-16-7-5-4-6-14(16)19/h4-9,11H,10H2,1-3H3,(H,21,22). The predicted octanol–water partition coefficient (Wildman–Crippen LogP) is 5.66. The van der Waals surface area contributed by atoms with Crippen LogP contribution in [0.15, 0.2) is 45.3 Å². The number of aryl methyl sites for hydroxylation is 1. The lowest BCUT2D eigenvalue weighted by molar-refractivity contribution is -0.118. The Hall–Kier alpha value is -1.33. The van der Waals surface area contributed by atoms with Crippen molar-refractivity contribution in [2.75, 3.05) is 11.9 Å². The van der Waals surface area contributed by atoms with Gasteiger partial charge >= 0.3 is 0 Å². The number of para-hydroxylation sites is 1. The van der Waals surface area contributed by atoms with Crippen LogP contribution >= 0.6 is 31.9 Å². The highest BCUT2D eigenvalue weighted by molar-refractivity contribution is 9.10. The zero-order chi connectivity index (χ0) is 17.0. The van der Waals surface area contributed by atoms with Crippen molar-refractivity contribution in [3.05, 3.63) is 56.5 Å². The average Bonchev–Trinajstić information content (AvgIpc) is 2.50. The summed E-state index contributed by atoms with van der Waals surface area (Å²) in [5.74, 6) is 0.878. The van der Waals surface area contributed by atoms with Crippen molar-refractivity contribution < 1.29 is 9.53 Å². The second-order valence-corrected chi connectivity index (χ2v) is 7.32. The van der Waals surface area contributed by atoms with Gasteiger partial charge in [-0.2, -0.15) is 0 Å². The average molecular weight is 441 g/mol. The summed E-state index contributed by atoms with van der Waals surface area (Å²) in [4.78, 5) is 12.1. The van der Waals surface area contributed by atoms with Crippen LogP contribution in [-0.4, -0.2) is 12.5 Å². The lowest BCUT2D eigenvalue weighted by Crippen LogP contribution is -2.20. The summed E-state index contributed by atoms with van der Waals surface area (Å²) in [7, 11) is 0. The van der Waals surface area contributed by atoms with Gasteiger partial charge in [-0.25, -0.2) is 0 Å². The lowest BCUT2D eigenvalue weighted by atomic mass is 10.0. The van der Waals surface area contributed by atoms with E-state index in [2.05, 4.69) is 57.1 Å². The SMILES string of the molecule is Cc1cc(OCC(=O)Nc2ccccc2Br)c(C(C)C)cc1Br. The fourth-order valence-electron chi connectivity index (χ4n) is 2.14. The summed E-state index contributed by atoms with van der Waals surface area (Å²) in [6, 6.07) is 11.5. The quantitative estimate of drug-likeness (QED) is 0.651. The van der Waals surface area contributed by atoms with Crippen LogP contribution in [0.1, 0.15) is 30.9 Å². The summed E-state index contributed by atoms with van der Waals surface area (Å²) in [5.41, 5.74) is 2.89. The molecule has 0 fully saturated rings. The van der Waals surface area contributed by atoms with E-state index in [1.54, 1.807) is 0 Å². The first-order valence-electron chi connectivity index (χ1n) is 7.35. The Morgan fingerprint density at radius 3 is 2.52 bits per heavy atom. The maximum absolute atomic E-state index is 12.1. The minimum atomic E-state index is -0.188. The molecule has 122 valence electrons. The highest BCUT2D eigenvalue weighted by Gasteiger charge is 2.13. The second kappa shape index (κ2) is 7.97. The largest absolute Gasteiger partial charge is 0.483 e. The van der Waals surface area contributed by atoms with Crippen molar-refractivity contribution in [3.63, 3.8) is 0 Å². The van der Waals surface area contributed by atoms with Gasteiger partial charge in [-0.15, -0.1) is 0 Å². The molecule has 3 nitrogen and oxygen atoms in total. The van der Waals surface area contributed by atoms with Gasteiger partial charge in [0.15, 0.2) is 6.61 Å². The number of hydrogen-bond donors (Lipinski definition) is 1. The van der Waals surface area contributed by atoms with Crippen LogP contribution in [0, 0.1) is 6.92 Å². The molecule has 2 aromatic rings. The minimum absolute atomic E-state index is 0.0257. The molecule has 0 atom stereocenters. The Kier molecular flexibility index (Phi) is 6.25. The van der Waals surface area contributed by atoms with Gasteiger partial charge < -0.3 is 10.1 Å². The highest BCUT2D eigenvalue weighted by atomic mass is 79.9. The molecule has 0 unspecified atom stereocenters. The molecule has 0 saturated carbocycles. The Labute approximate surface area is 153 Å². The molecule has 0 aliphatic heterocycles. The van der Waals surface area contributed by atoms with E-state index >= 15 is 0 Å². The van der Waals surface area contributed by atoms with Crippen LogP contribution in [0.25, 0.3) is 0 Å². The second-order valence-electron chi connectivity index (χ2n) is 5.61. The van der Waals surface area contributed by atoms with Gasteiger partial charge in [0.1, 0.15) is 5.75 Å². The van der Waals surface area contributed by atoms with Crippen LogP contribution in [0.4, 0.5) is 5.69 Å². The maximum Gasteiger partial charge on any atom is 0.262 e. The van der Waals surface area contributed by atoms with E-state index < -0.39 is 0 Å². The normalized spacial score (nSPS) is 10.7. The van der Waals surface area contributed by atoms with Gasteiger partial charge in [0.05, 0.1) is 5.69 Å². The fraction of sp³-hybridized carbons (Fsp3) is 0.278.